The predicted molar refractivity (Wildman–Crippen MR) is 28.6 cm³/mol. The maximum Gasteiger partial charge on any atom is 0.135 e. The Morgan fingerprint density at radius 1 is 1.86 bits per heavy atom. The van der Waals surface area contributed by atoms with E-state index in [0.29, 0.717) is 6.42 Å². The van der Waals surface area contributed by atoms with Gasteiger partial charge in [0.05, 0.1) is 0 Å². The molecule has 1 atom stereocenters. The summed E-state index contributed by atoms with van der Waals surface area (Å²) in [4.78, 5) is 0. The molecular weight excluding hydrogens is 93.1 g/mol. The summed E-state index contributed by atoms with van der Waals surface area (Å²) >= 11 is 0. The molecule has 0 bridgehead atoms. The largest absolute Gasteiger partial charge is 0.307 e. The monoisotopic (exact) mass is 103 g/mol. The Morgan fingerprint density at radius 3 is 2.29 bits per heavy atom. The van der Waals surface area contributed by atoms with Gasteiger partial charge in [-0.25, -0.2) is 4.39 Å². The fraction of sp³-hybridized carbons (Fsp3) is 0.800. The first-order valence-electron chi connectivity index (χ1n) is 2.39. The van der Waals surface area contributed by atoms with E-state index >= 15 is 0 Å². The van der Waals surface area contributed by atoms with Crippen LogP contribution in [0.4, 0.5) is 4.39 Å². The molecule has 2 heteroatoms. The molecule has 0 aliphatic heterocycles. The lowest BCUT2D eigenvalue weighted by Gasteiger charge is -1.96. The van der Waals surface area contributed by atoms with Crippen LogP contribution >= 0.6 is 0 Å². The fourth-order valence-corrected chi connectivity index (χ4v) is 0.281. The summed E-state index contributed by atoms with van der Waals surface area (Å²) in [5.74, 6) is 0. The molecule has 0 amide bonds. The summed E-state index contributed by atoms with van der Waals surface area (Å²) in [6.45, 7) is 3.16. The van der Waals surface area contributed by atoms with Crippen molar-refractivity contribution in [2.24, 2.45) is 0 Å². The molecule has 0 aromatic rings. The van der Waals surface area contributed by atoms with Gasteiger partial charge in [-0.1, -0.05) is 6.92 Å². The molecule has 42 valence electrons. The maximum atomic E-state index is 11.9. The highest BCUT2D eigenvalue weighted by Gasteiger charge is 2.00. The van der Waals surface area contributed by atoms with Gasteiger partial charge in [-0.15, -0.1) is 0 Å². The molecule has 0 fully saturated rings. The van der Waals surface area contributed by atoms with Crippen LogP contribution in [0.1, 0.15) is 20.3 Å². The van der Waals surface area contributed by atoms with E-state index in [0.717, 1.165) is 0 Å². The van der Waals surface area contributed by atoms with Crippen LogP contribution in [0.2, 0.25) is 0 Å². The van der Waals surface area contributed by atoms with Crippen molar-refractivity contribution in [3.05, 3.63) is 0 Å². The van der Waals surface area contributed by atoms with Crippen molar-refractivity contribution < 1.29 is 4.39 Å². The van der Waals surface area contributed by atoms with Gasteiger partial charge in [0, 0.05) is 5.71 Å². The van der Waals surface area contributed by atoms with Crippen molar-refractivity contribution in [3.8, 4) is 0 Å². The molecule has 1 nitrogen and oxygen atoms in total. The van der Waals surface area contributed by atoms with E-state index in [1.807, 2.05) is 0 Å². The molecular formula is C5H10FN. The second-order valence-electron chi connectivity index (χ2n) is 1.49. The second-order valence-corrected chi connectivity index (χ2v) is 1.49. The number of hydrogen-bond acceptors (Lipinski definition) is 1. The maximum absolute atomic E-state index is 11.9. The van der Waals surface area contributed by atoms with E-state index in [1.165, 1.54) is 6.92 Å². The minimum absolute atomic E-state index is 0.181. The Balaban J connectivity index is 3.35. The van der Waals surface area contributed by atoms with Crippen molar-refractivity contribution >= 4 is 5.71 Å². The molecule has 0 radical (unpaired) electrons. The van der Waals surface area contributed by atoms with Crippen molar-refractivity contribution in [3.63, 3.8) is 0 Å². The Kier molecular flexibility index (Phi) is 2.56. The SMILES string of the molecule is CCC(=N)[C@@H](C)F. The van der Waals surface area contributed by atoms with Gasteiger partial charge in [0.25, 0.3) is 0 Å². The third-order valence-corrected chi connectivity index (χ3v) is 0.861. The normalized spacial score (nSPS) is 13.6. The summed E-state index contributed by atoms with van der Waals surface area (Å²) in [5.41, 5.74) is 0.181. The highest BCUT2D eigenvalue weighted by atomic mass is 19.1. The van der Waals surface area contributed by atoms with Crippen LogP contribution in [-0.2, 0) is 0 Å². The van der Waals surface area contributed by atoms with E-state index in [9.17, 15) is 4.39 Å². The standard InChI is InChI=1S/C5H10FN/c1-3-5(7)4(2)6/h4,7H,3H2,1-2H3/t4-/m1/s1. The zero-order valence-electron chi connectivity index (χ0n) is 4.66. The van der Waals surface area contributed by atoms with Crippen molar-refractivity contribution in [1.29, 1.82) is 5.41 Å². The lowest BCUT2D eigenvalue weighted by Crippen LogP contribution is -2.07. The van der Waals surface area contributed by atoms with Crippen LogP contribution in [0.15, 0.2) is 0 Å². The second kappa shape index (κ2) is 2.72. The van der Waals surface area contributed by atoms with Gasteiger partial charge in [-0.2, -0.15) is 0 Å². The summed E-state index contributed by atoms with van der Waals surface area (Å²) in [6, 6.07) is 0. The molecule has 0 aliphatic carbocycles. The lowest BCUT2D eigenvalue weighted by molar-refractivity contribution is 0.448. The molecule has 1 N–H and O–H groups in total. The third kappa shape index (κ3) is 2.31. The van der Waals surface area contributed by atoms with E-state index in [2.05, 4.69) is 0 Å². The van der Waals surface area contributed by atoms with Crippen molar-refractivity contribution in [2.45, 2.75) is 26.4 Å². The molecule has 0 unspecified atom stereocenters. The van der Waals surface area contributed by atoms with Crippen LogP contribution in [-0.4, -0.2) is 11.9 Å². The smallest absolute Gasteiger partial charge is 0.135 e. The van der Waals surface area contributed by atoms with Gasteiger partial charge in [-0.05, 0) is 13.3 Å². The molecule has 0 saturated heterocycles. The lowest BCUT2D eigenvalue weighted by atomic mass is 10.2. The zero-order valence-corrected chi connectivity index (χ0v) is 4.66. The molecule has 0 aliphatic rings. The minimum atomic E-state index is -1.05. The summed E-state index contributed by atoms with van der Waals surface area (Å²) in [5, 5.41) is 6.82. The quantitative estimate of drug-likeness (QED) is 0.515. The topological polar surface area (TPSA) is 23.9 Å². The van der Waals surface area contributed by atoms with Crippen LogP contribution < -0.4 is 0 Å². The van der Waals surface area contributed by atoms with Gasteiger partial charge in [0.15, 0.2) is 0 Å². The third-order valence-electron chi connectivity index (χ3n) is 0.861. The number of alkyl halides is 1. The van der Waals surface area contributed by atoms with Gasteiger partial charge in [0.1, 0.15) is 6.17 Å². The van der Waals surface area contributed by atoms with Gasteiger partial charge < -0.3 is 5.41 Å². The molecule has 7 heavy (non-hydrogen) atoms. The first-order valence-corrected chi connectivity index (χ1v) is 2.39. The zero-order chi connectivity index (χ0) is 5.86. The van der Waals surface area contributed by atoms with E-state index < -0.39 is 6.17 Å². The van der Waals surface area contributed by atoms with Gasteiger partial charge >= 0.3 is 0 Å². The number of rotatable bonds is 2. The van der Waals surface area contributed by atoms with Gasteiger partial charge in [-0.3, -0.25) is 0 Å². The molecule has 0 spiro atoms. The Labute approximate surface area is 43.0 Å². The molecule has 0 heterocycles. The van der Waals surface area contributed by atoms with Crippen LogP contribution in [0.25, 0.3) is 0 Å². The molecule has 0 aromatic heterocycles. The minimum Gasteiger partial charge on any atom is -0.307 e. The average molecular weight is 103 g/mol. The summed E-state index contributed by atoms with van der Waals surface area (Å²) in [7, 11) is 0. The Bertz CT molecular complexity index is 68.5. The van der Waals surface area contributed by atoms with E-state index in [-0.39, 0.29) is 5.71 Å². The highest BCUT2D eigenvalue weighted by Crippen LogP contribution is 1.93. The Hall–Kier alpha value is -0.400. The van der Waals surface area contributed by atoms with Crippen LogP contribution in [0, 0.1) is 5.41 Å². The van der Waals surface area contributed by atoms with Gasteiger partial charge in [0.2, 0.25) is 0 Å². The molecule has 0 saturated carbocycles. The van der Waals surface area contributed by atoms with E-state index in [1.54, 1.807) is 6.92 Å². The number of nitrogens with one attached hydrogen (secondary N) is 1. The summed E-state index contributed by atoms with van der Waals surface area (Å²) < 4.78 is 11.9. The fourth-order valence-electron chi connectivity index (χ4n) is 0.281. The average Bonchev–Trinajstić information content (AvgIpc) is 1.65. The predicted octanol–water partition coefficient (Wildman–Crippen LogP) is 1.77. The van der Waals surface area contributed by atoms with Crippen molar-refractivity contribution in [2.75, 3.05) is 0 Å². The van der Waals surface area contributed by atoms with Crippen molar-refractivity contribution in [1.82, 2.24) is 0 Å². The number of halogens is 1. The van der Waals surface area contributed by atoms with Crippen LogP contribution in [0.5, 0.6) is 0 Å². The number of hydrogen-bond donors (Lipinski definition) is 1. The molecule has 0 aromatic carbocycles. The first kappa shape index (κ1) is 6.60. The highest BCUT2D eigenvalue weighted by molar-refractivity contribution is 5.84. The Morgan fingerprint density at radius 2 is 2.29 bits per heavy atom. The summed E-state index contributed by atoms with van der Waals surface area (Å²) in [6.07, 6.45) is -0.525. The molecule has 0 rings (SSSR count). The first-order chi connectivity index (χ1) is 3.18. The van der Waals surface area contributed by atoms with E-state index in [4.69, 9.17) is 5.41 Å². The van der Waals surface area contributed by atoms with Crippen LogP contribution in [0.3, 0.4) is 0 Å².